The summed E-state index contributed by atoms with van der Waals surface area (Å²) in [5.41, 5.74) is 7.15. The van der Waals surface area contributed by atoms with Gasteiger partial charge in [-0.1, -0.05) is 43.7 Å². The molecule has 0 spiro atoms. The second-order valence-corrected chi connectivity index (χ2v) is 5.67. The lowest BCUT2D eigenvalue weighted by molar-refractivity contribution is -0.122. The van der Waals surface area contributed by atoms with Gasteiger partial charge < -0.3 is 11.1 Å². The van der Waals surface area contributed by atoms with Gasteiger partial charge in [-0.2, -0.15) is 0 Å². The molecular formula is C16H25ClN2O. The van der Waals surface area contributed by atoms with Crippen LogP contribution in [0.1, 0.15) is 44.1 Å². The van der Waals surface area contributed by atoms with Crippen molar-refractivity contribution in [1.82, 2.24) is 5.32 Å². The molecule has 1 aliphatic rings. The fourth-order valence-corrected chi connectivity index (χ4v) is 2.70. The predicted octanol–water partition coefficient (Wildman–Crippen LogP) is 2.85. The predicted molar refractivity (Wildman–Crippen MR) is 85.1 cm³/mol. The first-order valence-electron chi connectivity index (χ1n) is 7.23. The standard InChI is InChI=1S/C16H24N2O.ClH/c1-2-8-16(9-10-16)12-18-15(19)14(11-17)13-6-4-3-5-7-13;/h3-7,14H,2,8-12,17H2,1H3,(H,18,19);1H. The normalized spacial score (nSPS) is 16.9. The molecule has 0 aliphatic heterocycles. The Hall–Kier alpha value is -1.06. The van der Waals surface area contributed by atoms with Gasteiger partial charge in [-0.05, 0) is 30.2 Å². The maximum Gasteiger partial charge on any atom is 0.228 e. The lowest BCUT2D eigenvalue weighted by atomic mass is 9.97. The molecule has 1 aromatic rings. The van der Waals surface area contributed by atoms with Gasteiger partial charge >= 0.3 is 0 Å². The SMILES string of the molecule is CCCC1(CNC(=O)C(CN)c2ccccc2)CC1.Cl. The maximum atomic E-state index is 12.3. The molecule has 1 aliphatic carbocycles. The van der Waals surface area contributed by atoms with Crippen LogP contribution in [0.2, 0.25) is 0 Å². The summed E-state index contributed by atoms with van der Waals surface area (Å²) in [6.45, 7) is 3.37. The molecule has 0 radical (unpaired) electrons. The highest BCUT2D eigenvalue weighted by atomic mass is 35.5. The molecule has 0 aromatic heterocycles. The third kappa shape index (κ3) is 4.22. The van der Waals surface area contributed by atoms with Crippen LogP contribution in [0.15, 0.2) is 30.3 Å². The first kappa shape index (κ1) is 17.0. The highest BCUT2D eigenvalue weighted by molar-refractivity contribution is 5.85. The van der Waals surface area contributed by atoms with Gasteiger partial charge in [0.25, 0.3) is 0 Å². The van der Waals surface area contributed by atoms with E-state index in [2.05, 4.69) is 12.2 Å². The van der Waals surface area contributed by atoms with Gasteiger partial charge in [0.05, 0.1) is 5.92 Å². The highest BCUT2D eigenvalue weighted by Gasteiger charge is 2.41. The van der Waals surface area contributed by atoms with Gasteiger partial charge in [0.15, 0.2) is 0 Å². The van der Waals surface area contributed by atoms with Gasteiger partial charge in [0.1, 0.15) is 0 Å². The van der Waals surface area contributed by atoms with Gasteiger partial charge in [-0.25, -0.2) is 0 Å². The first-order valence-corrected chi connectivity index (χ1v) is 7.23. The van der Waals surface area contributed by atoms with Crippen molar-refractivity contribution >= 4 is 18.3 Å². The van der Waals surface area contributed by atoms with Crippen LogP contribution in [0.5, 0.6) is 0 Å². The quantitative estimate of drug-likeness (QED) is 0.813. The molecule has 1 atom stereocenters. The van der Waals surface area contributed by atoms with Crippen molar-refractivity contribution in [3.05, 3.63) is 35.9 Å². The lowest BCUT2D eigenvalue weighted by Gasteiger charge is -2.19. The van der Waals surface area contributed by atoms with Crippen LogP contribution in [0.4, 0.5) is 0 Å². The summed E-state index contributed by atoms with van der Waals surface area (Å²) in [5, 5.41) is 3.10. The smallest absolute Gasteiger partial charge is 0.228 e. The molecule has 3 N–H and O–H groups in total. The van der Waals surface area contributed by atoms with E-state index < -0.39 is 0 Å². The van der Waals surface area contributed by atoms with Crippen LogP contribution in [0.25, 0.3) is 0 Å². The van der Waals surface area contributed by atoms with Crippen molar-refractivity contribution in [2.75, 3.05) is 13.1 Å². The third-order valence-corrected chi connectivity index (χ3v) is 4.13. The average molecular weight is 297 g/mol. The van der Waals surface area contributed by atoms with E-state index >= 15 is 0 Å². The Bertz CT molecular complexity index is 418. The second kappa shape index (κ2) is 7.65. The van der Waals surface area contributed by atoms with Gasteiger partial charge in [0, 0.05) is 13.1 Å². The number of rotatable bonds is 7. The number of nitrogens with two attached hydrogens (primary N) is 1. The van der Waals surface area contributed by atoms with Crippen molar-refractivity contribution < 1.29 is 4.79 Å². The Morgan fingerprint density at radius 1 is 1.35 bits per heavy atom. The lowest BCUT2D eigenvalue weighted by Crippen LogP contribution is -2.36. The minimum absolute atomic E-state index is 0. The zero-order valence-electron chi connectivity index (χ0n) is 12.1. The monoisotopic (exact) mass is 296 g/mol. The van der Waals surface area contributed by atoms with E-state index in [1.807, 2.05) is 30.3 Å². The van der Waals surface area contributed by atoms with Crippen LogP contribution in [0, 0.1) is 5.41 Å². The molecule has 1 saturated carbocycles. The number of benzene rings is 1. The van der Waals surface area contributed by atoms with E-state index in [0.717, 1.165) is 12.1 Å². The molecular weight excluding hydrogens is 272 g/mol. The Kier molecular flexibility index (Phi) is 6.50. The average Bonchev–Trinajstić information content (AvgIpc) is 3.19. The number of hydrogen-bond acceptors (Lipinski definition) is 2. The number of carbonyl (C=O) groups excluding carboxylic acids is 1. The Morgan fingerprint density at radius 2 is 2.00 bits per heavy atom. The zero-order valence-corrected chi connectivity index (χ0v) is 12.9. The zero-order chi connectivity index (χ0) is 13.7. The molecule has 112 valence electrons. The largest absolute Gasteiger partial charge is 0.355 e. The molecule has 1 fully saturated rings. The van der Waals surface area contributed by atoms with Gasteiger partial charge in [-0.15, -0.1) is 12.4 Å². The number of carbonyl (C=O) groups is 1. The van der Waals surface area contributed by atoms with Gasteiger partial charge in [0.2, 0.25) is 5.91 Å². The van der Waals surface area contributed by atoms with Crippen LogP contribution in [-0.2, 0) is 4.79 Å². The van der Waals surface area contributed by atoms with E-state index in [-0.39, 0.29) is 24.2 Å². The van der Waals surface area contributed by atoms with E-state index in [9.17, 15) is 4.79 Å². The Balaban J connectivity index is 0.00000200. The summed E-state index contributed by atoms with van der Waals surface area (Å²) in [6.07, 6.45) is 4.90. The van der Waals surface area contributed by atoms with Crippen LogP contribution in [0.3, 0.4) is 0 Å². The summed E-state index contributed by atoms with van der Waals surface area (Å²) in [6, 6.07) is 9.79. The van der Waals surface area contributed by atoms with Crippen molar-refractivity contribution in [3.63, 3.8) is 0 Å². The number of hydrogen-bond donors (Lipinski definition) is 2. The van der Waals surface area contributed by atoms with Crippen LogP contribution < -0.4 is 11.1 Å². The Morgan fingerprint density at radius 3 is 2.50 bits per heavy atom. The van der Waals surface area contributed by atoms with Crippen molar-refractivity contribution in [2.24, 2.45) is 11.1 Å². The minimum atomic E-state index is -0.223. The van der Waals surface area contributed by atoms with E-state index in [4.69, 9.17) is 5.73 Å². The molecule has 3 nitrogen and oxygen atoms in total. The summed E-state index contributed by atoms with van der Waals surface area (Å²) >= 11 is 0. The fourth-order valence-electron chi connectivity index (χ4n) is 2.70. The number of nitrogens with one attached hydrogen (secondary N) is 1. The molecule has 2 rings (SSSR count). The van der Waals surface area contributed by atoms with Crippen molar-refractivity contribution in [3.8, 4) is 0 Å². The highest BCUT2D eigenvalue weighted by Crippen LogP contribution is 2.48. The molecule has 0 bridgehead atoms. The molecule has 1 unspecified atom stereocenters. The van der Waals surface area contributed by atoms with E-state index in [0.29, 0.717) is 12.0 Å². The maximum absolute atomic E-state index is 12.3. The summed E-state index contributed by atoms with van der Waals surface area (Å²) in [7, 11) is 0. The second-order valence-electron chi connectivity index (χ2n) is 5.67. The summed E-state index contributed by atoms with van der Waals surface area (Å²) < 4.78 is 0. The number of halogens is 1. The van der Waals surface area contributed by atoms with E-state index in [1.54, 1.807) is 0 Å². The molecule has 20 heavy (non-hydrogen) atoms. The topological polar surface area (TPSA) is 55.1 Å². The van der Waals surface area contributed by atoms with Crippen molar-refractivity contribution in [2.45, 2.75) is 38.5 Å². The van der Waals surface area contributed by atoms with Crippen LogP contribution >= 0.6 is 12.4 Å². The third-order valence-electron chi connectivity index (χ3n) is 4.13. The van der Waals surface area contributed by atoms with Gasteiger partial charge in [-0.3, -0.25) is 4.79 Å². The molecule has 0 heterocycles. The minimum Gasteiger partial charge on any atom is -0.355 e. The molecule has 1 amide bonds. The fraction of sp³-hybridized carbons (Fsp3) is 0.562. The van der Waals surface area contributed by atoms with E-state index in [1.165, 1.54) is 25.7 Å². The Labute approximate surface area is 127 Å². The molecule has 4 heteroatoms. The summed E-state index contributed by atoms with van der Waals surface area (Å²) in [5.74, 6) is -0.158. The number of amides is 1. The first-order chi connectivity index (χ1) is 9.21. The van der Waals surface area contributed by atoms with Crippen molar-refractivity contribution in [1.29, 1.82) is 0 Å². The molecule has 1 aromatic carbocycles. The molecule has 0 saturated heterocycles. The van der Waals surface area contributed by atoms with Crippen LogP contribution in [-0.4, -0.2) is 19.0 Å². The summed E-state index contributed by atoms with van der Waals surface area (Å²) in [4.78, 5) is 12.3.